The van der Waals surface area contributed by atoms with Gasteiger partial charge in [-0.15, -0.1) is 0 Å². The van der Waals surface area contributed by atoms with Crippen LogP contribution in [-0.4, -0.2) is 25.2 Å². The van der Waals surface area contributed by atoms with Gasteiger partial charge < -0.3 is 14.8 Å². The Morgan fingerprint density at radius 2 is 1.43 bits per heavy atom. The maximum Gasteiger partial charge on any atom is 0.430 e. The first-order chi connectivity index (χ1) is 13.2. The molecule has 6 rings (SSSR count). The van der Waals surface area contributed by atoms with Crippen molar-refractivity contribution in [2.45, 2.75) is 63.1 Å². The molecule has 0 unspecified atom stereocenters. The quantitative estimate of drug-likeness (QED) is 0.723. The van der Waals surface area contributed by atoms with Crippen LogP contribution in [0.5, 0.6) is 0 Å². The van der Waals surface area contributed by atoms with E-state index in [1.165, 1.54) is 70.1 Å². The Balaban J connectivity index is 0.000000239. The first-order valence-corrected chi connectivity index (χ1v) is 10.3. The number of rotatable bonds is 2. The first-order valence-electron chi connectivity index (χ1n) is 10.3. The molecular weight excluding hydrogens is 369 g/mol. The summed E-state index contributed by atoms with van der Waals surface area (Å²) in [6.45, 7) is 2.50. The number of pyridine rings is 1. The number of carboxylic acid groups (broad SMARTS) is 1. The van der Waals surface area contributed by atoms with Crippen LogP contribution in [0.1, 0.15) is 51.4 Å². The molecule has 1 aliphatic heterocycles. The van der Waals surface area contributed by atoms with Crippen LogP contribution in [0.2, 0.25) is 0 Å². The van der Waals surface area contributed by atoms with Gasteiger partial charge in [0, 0.05) is 50.2 Å². The second-order valence-electron chi connectivity index (χ2n) is 9.08. The van der Waals surface area contributed by atoms with Crippen LogP contribution < -0.4 is 14.6 Å². The molecule has 5 fully saturated rings. The van der Waals surface area contributed by atoms with Crippen LogP contribution in [0.15, 0.2) is 24.5 Å². The van der Waals surface area contributed by atoms with Crippen LogP contribution in [0.4, 0.5) is 18.9 Å². The number of aliphatic carboxylic acids is 1. The molecule has 4 nitrogen and oxygen atoms in total. The summed E-state index contributed by atoms with van der Waals surface area (Å²) in [6.07, 6.45) is 11.3. The number of nitrogens with zero attached hydrogens (tertiary/aromatic N) is 2. The Hall–Kier alpha value is -1.79. The van der Waals surface area contributed by atoms with Crippen molar-refractivity contribution in [3.63, 3.8) is 0 Å². The van der Waals surface area contributed by atoms with Gasteiger partial charge in [0.05, 0.1) is 0 Å². The molecule has 1 saturated heterocycles. The van der Waals surface area contributed by atoms with E-state index >= 15 is 0 Å². The topological polar surface area (TPSA) is 47.2 Å². The molecule has 0 atom stereocenters. The Kier molecular flexibility index (Phi) is 5.04. The van der Waals surface area contributed by atoms with E-state index in [9.17, 15) is 13.2 Å². The number of aromatic nitrogens is 1. The maximum atomic E-state index is 10.5. The van der Waals surface area contributed by atoms with Gasteiger partial charge >= 0.3 is 6.18 Å². The van der Waals surface area contributed by atoms with Gasteiger partial charge in [0.2, 0.25) is 0 Å². The second-order valence-corrected chi connectivity index (χ2v) is 9.08. The van der Waals surface area contributed by atoms with Crippen molar-refractivity contribution in [2.75, 3.05) is 18.0 Å². The van der Waals surface area contributed by atoms with Crippen LogP contribution >= 0.6 is 0 Å². The van der Waals surface area contributed by atoms with Gasteiger partial charge in [-0.3, -0.25) is 0 Å². The average molecular weight is 396 g/mol. The van der Waals surface area contributed by atoms with E-state index < -0.39 is 12.1 Å². The molecule has 0 amide bonds. The summed E-state index contributed by atoms with van der Waals surface area (Å²) >= 11 is 0. The molecule has 0 spiro atoms. The fourth-order valence-electron chi connectivity index (χ4n) is 6.30. The molecule has 4 bridgehead atoms. The third kappa shape index (κ3) is 3.85. The van der Waals surface area contributed by atoms with E-state index in [0.717, 1.165) is 17.8 Å². The minimum Gasteiger partial charge on any atom is -0.542 e. The highest BCUT2D eigenvalue weighted by Gasteiger charge is 2.56. The predicted molar refractivity (Wildman–Crippen MR) is 95.3 cm³/mol. The number of hydrogen-bond acceptors (Lipinski definition) is 3. The number of alkyl halides is 3. The Morgan fingerprint density at radius 1 is 1.00 bits per heavy atom. The van der Waals surface area contributed by atoms with Gasteiger partial charge in [0.15, 0.2) is 17.9 Å². The number of carboxylic acids is 1. The van der Waals surface area contributed by atoms with Crippen molar-refractivity contribution in [3.05, 3.63) is 24.5 Å². The van der Waals surface area contributed by atoms with Crippen LogP contribution in [0.3, 0.4) is 0 Å². The van der Waals surface area contributed by atoms with Gasteiger partial charge in [-0.25, -0.2) is 0 Å². The molecule has 4 aliphatic carbocycles. The van der Waals surface area contributed by atoms with Crippen LogP contribution in [0, 0.1) is 17.8 Å². The largest absolute Gasteiger partial charge is 0.542 e. The fourth-order valence-corrected chi connectivity index (χ4v) is 6.30. The van der Waals surface area contributed by atoms with E-state index in [0.29, 0.717) is 5.54 Å². The van der Waals surface area contributed by atoms with Gasteiger partial charge in [-0.05, 0) is 49.9 Å². The van der Waals surface area contributed by atoms with E-state index in [1.807, 2.05) is 0 Å². The molecule has 154 valence electrons. The number of carbonyl (C=O) groups excluding carboxylic acids is 1. The molecule has 1 aromatic rings. The summed E-state index contributed by atoms with van der Waals surface area (Å²) in [6, 6.07) is 4.76. The molecule has 2 heterocycles. The van der Waals surface area contributed by atoms with Crippen molar-refractivity contribution in [2.24, 2.45) is 17.8 Å². The average Bonchev–Trinajstić information content (AvgIpc) is 3.15. The molecule has 28 heavy (non-hydrogen) atoms. The minimum absolute atomic E-state index is 0.484. The summed E-state index contributed by atoms with van der Waals surface area (Å²) in [7, 11) is 0. The molecular formula is C21H27F3N2O2. The van der Waals surface area contributed by atoms with Crippen LogP contribution in [0.25, 0.3) is 0 Å². The highest BCUT2D eigenvalue weighted by molar-refractivity contribution is 5.70. The number of hydrogen-bond donors (Lipinski definition) is 0. The molecule has 5 aliphatic rings. The standard InChI is InChI=1S/C19H27N2.C2HF3O2/c1-2-6-20(5-1)18-3-7-21(8-4-18)19-12-15-9-16(13-19)11-17(10-15)14-19;3-2(4,5)1(6)7/h3-4,7-8,15-17H,1-2,5-6,9-14H2;(H,6,7)/q+1;/p-1. The summed E-state index contributed by atoms with van der Waals surface area (Å²) < 4.78 is 34.2. The van der Waals surface area contributed by atoms with E-state index in [-0.39, 0.29) is 0 Å². The summed E-state index contributed by atoms with van der Waals surface area (Å²) in [5.74, 6) is 0.0820. The fraction of sp³-hybridized carbons (Fsp3) is 0.714. The smallest absolute Gasteiger partial charge is 0.430 e. The minimum atomic E-state index is -5.19. The monoisotopic (exact) mass is 396 g/mol. The Bertz CT molecular complexity index is 676. The number of anilines is 1. The van der Waals surface area contributed by atoms with Crippen molar-refractivity contribution >= 4 is 11.7 Å². The Morgan fingerprint density at radius 3 is 1.82 bits per heavy atom. The summed E-state index contributed by atoms with van der Waals surface area (Å²) in [5, 5.41) is 8.78. The zero-order valence-corrected chi connectivity index (χ0v) is 16.0. The molecule has 1 aromatic heterocycles. The number of halogens is 3. The molecule has 0 radical (unpaired) electrons. The lowest BCUT2D eigenvalue weighted by Gasteiger charge is -2.53. The van der Waals surface area contributed by atoms with Gasteiger partial charge in [0.25, 0.3) is 0 Å². The molecule has 4 saturated carbocycles. The first kappa shape index (κ1) is 19.5. The van der Waals surface area contributed by atoms with Gasteiger partial charge in [-0.2, -0.15) is 17.7 Å². The van der Waals surface area contributed by atoms with Gasteiger partial charge in [0.1, 0.15) is 5.97 Å². The van der Waals surface area contributed by atoms with Crippen molar-refractivity contribution in [1.29, 1.82) is 0 Å². The van der Waals surface area contributed by atoms with E-state index in [4.69, 9.17) is 9.90 Å². The van der Waals surface area contributed by atoms with Crippen LogP contribution in [-0.2, 0) is 10.3 Å². The van der Waals surface area contributed by atoms with E-state index in [1.54, 1.807) is 0 Å². The highest BCUT2D eigenvalue weighted by Crippen LogP contribution is 2.56. The lowest BCUT2D eigenvalue weighted by atomic mass is 9.53. The normalized spacial score (nSPS) is 33.5. The highest BCUT2D eigenvalue weighted by atomic mass is 19.4. The second kappa shape index (κ2) is 7.23. The third-order valence-electron chi connectivity index (χ3n) is 7.07. The third-order valence-corrected chi connectivity index (χ3v) is 7.07. The van der Waals surface area contributed by atoms with Crippen molar-refractivity contribution < 1.29 is 27.6 Å². The maximum absolute atomic E-state index is 10.5. The SMILES string of the molecule is O=C([O-])C(F)(F)F.c1c[n+](C23CC4CC(CC(C4)C2)C3)ccc1N1CCCC1. The van der Waals surface area contributed by atoms with Gasteiger partial charge in [-0.1, -0.05) is 0 Å². The zero-order valence-electron chi connectivity index (χ0n) is 16.0. The van der Waals surface area contributed by atoms with E-state index in [2.05, 4.69) is 34.0 Å². The zero-order chi connectivity index (χ0) is 19.9. The Labute approximate surface area is 163 Å². The lowest BCUT2D eigenvalue weighted by molar-refractivity contribution is -0.776. The summed E-state index contributed by atoms with van der Waals surface area (Å²) in [4.78, 5) is 11.3. The van der Waals surface area contributed by atoms with Crippen molar-refractivity contribution in [1.82, 2.24) is 0 Å². The molecule has 0 aromatic carbocycles. The predicted octanol–water partition coefficient (Wildman–Crippen LogP) is 2.80. The lowest BCUT2D eigenvalue weighted by Crippen LogP contribution is -2.64. The molecule has 0 N–H and O–H groups in total. The van der Waals surface area contributed by atoms with Crippen molar-refractivity contribution in [3.8, 4) is 0 Å². The summed E-state index contributed by atoms with van der Waals surface area (Å²) in [5.41, 5.74) is 1.92. The number of carbonyl (C=O) groups is 1. The molecule has 7 heteroatoms.